The Balaban J connectivity index is 1.75. The molecule has 4 atom stereocenters. The highest BCUT2D eigenvalue weighted by molar-refractivity contribution is 9.10. The second-order valence-electron chi connectivity index (χ2n) is 6.15. The lowest BCUT2D eigenvalue weighted by Crippen LogP contribution is -2.33. The van der Waals surface area contributed by atoms with Crippen LogP contribution in [0.5, 0.6) is 0 Å². The Hall–Kier alpha value is -1.83. The van der Waals surface area contributed by atoms with Gasteiger partial charge in [-0.25, -0.2) is 4.98 Å². The molecule has 10 nitrogen and oxygen atoms in total. The SMILES string of the molecule is Nc1nc2c(ncn2[C@@H]2O[C@H](CO)[C@@H](O)[C@H]2O)c(=O)n1Cc1cc(Br)cs1. The van der Waals surface area contributed by atoms with E-state index in [-0.39, 0.29) is 23.7 Å². The Morgan fingerprint density at radius 3 is 2.78 bits per heavy atom. The predicted molar refractivity (Wildman–Crippen MR) is 100 cm³/mol. The summed E-state index contributed by atoms with van der Waals surface area (Å²) in [5.41, 5.74) is 5.77. The number of hydrogen-bond acceptors (Lipinski definition) is 9. The summed E-state index contributed by atoms with van der Waals surface area (Å²) in [4.78, 5) is 22.1. The molecular formula is C15H16BrN5O5S. The van der Waals surface area contributed by atoms with Crippen molar-refractivity contribution in [3.63, 3.8) is 0 Å². The van der Waals surface area contributed by atoms with Crippen LogP contribution in [0.15, 0.2) is 27.0 Å². The van der Waals surface area contributed by atoms with Crippen molar-refractivity contribution in [2.45, 2.75) is 31.1 Å². The highest BCUT2D eigenvalue weighted by atomic mass is 79.9. The van der Waals surface area contributed by atoms with E-state index in [2.05, 4.69) is 25.9 Å². The first-order valence-corrected chi connectivity index (χ1v) is 9.66. The third-order valence-electron chi connectivity index (χ3n) is 4.44. The van der Waals surface area contributed by atoms with E-state index in [1.54, 1.807) is 0 Å². The van der Waals surface area contributed by atoms with Gasteiger partial charge in [-0.15, -0.1) is 11.3 Å². The van der Waals surface area contributed by atoms with Gasteiger partial charge in [0.2, 0.25) is 5.95 Å². The molecule has 0 unspecified atom stereocenters. The molecule has 1 saturated heterocycles. The van der Waals surface area contributed by atoms with Crippen molar-refractivity contribution in [2.75, 3.05) is 12.3 Å². The number of aromatic nitrogens is 4. The van der Waals surface area contributed by atoms with Crippen molar-refractivity contribution in [1.82, 2.24) is 19.1 Å². The molecule has 27 heavy (non-hydrogen) atoms. The van der Waals surface area contributed by atoms with E-state index in [0.29, 0.717) is 0 Å². The van der Waals surface area contributed by atoms with Gasteiger partial charge in [-0.3, -0.25) is 13.9 Å². The molecule has 1 aliphatic rings. The number of rotatable bonds is 4. The standard InChI is InChI=1S/C15H16BrN5O5S/c16-6-1-7(27-4-6)2-20-13(25)9-12(19-15(20)17)21(5-18-9)14-11(24)10(23)8(3-22)26-14/h1,4-5,8,10-11,14,22-24H,2-3H2,(H2,17,19)/t8-,10-,11-,14-/m1/s1. The van der Waals surface area contributed by atoms with Crippen LogP contribution in [0.25, 0.3) is 11.2 Å². The van der Waals surface area contributed by atoms with E-state index in [4.69, 9.17) is 10.5 Å². The van der Waals surface area contributed by atoms with Crippen LogP contribution in [0, 0.1) is 0 Å². The van der Waals surface area contributed by atoms with Crippen LogP contribution in [-0.2, 0) is 11.3 Å². The molecule has 0 radical (unpaired) electrons. The second kappa shape index (κ2) is 6.96. The summed E-state index contributed by atoms with van der Waals surface area (Å²) in [7, 11) is 0. The summed E-state index contributed by atoms with van der Waals surface area (Å²) in [5, 5.41) is 31.3. The molecule has 0 aliphatic carbocycles. The fourth-order valence-electron chi connectivity index (χ4n) is 3.06. The van der Waals surface area contributed by atoms with E-state index < -0.39 is 36.7 Å². The van der Waals surface area contributed by atoms with Crippen LogP contribution in [0.4, 0.5) is 5.95 Å². The normalized spacial score (nSPS) is 25.5. The number of hydrogen-bond donors (Lipinski definition) is 4. The number of nitrogens with two attached hydrogens (primary N) is 1. The lowest BCUT2D eigenvalue weighted by molar-refractivity contribution is -0.0511. The van der Waals surface area contributed by atoms with Gasteiger partial charge in [0.1, 0.15) is 18.3 Å². The number of halogens is 1. The molecule has 1 aliphatic heterocycles. The number of ether oxygens (including phenoxy) is 1. The van der Waals surface area contributed by atoms with E-state index in [0.717, 1.165) is 9.35 Å². The largest absolute Gasteiger partial charge is 0.394 e. The highest BCUT2D eigenvalue weighted by Crippen LogP contribution is 2.31. The Kier molecular flexibility index (Phi) is 4.78. The van der Waals surface area contributed by atoms with Crippen LogP contribution in [0.2, 0.25) is 0 Å². The number of aliphatic hydroxyl groups excluding tert-OH is 3. The van der Waals surface area contributed by atoms with Gasteiger partial charge in [0.05, 0.1) is 19.5 Å². The summed E-state index contributed by atoms with van der Waals surface area (Å²) in [6, 6.07) is 1.89. The molecule has 12 heteroatoms. The van der Waals surface area contributed by atoms with E-state index >= 15 is 0 Å². The first kappa shape index (κ1) is 18.5. The van der Waals surface area contributed by atoms with Gasteiger partial charge in [-0.05, 0) is 22.0 Å². The monoisotopic (exact) mass is 457 g/mol. The van der Waals surface area contributed by atoms with E-state index in [1.807, 2.05) is 11.4 Å². The topological polar surface area (TPSA) is 149 Å². The molecule has 4 heterocycles. The second-order valence-corrected chi connectivity index (χ2v) is 8.06. The van der Waals surface area contributed by atoms with Gasteiger partial charge in [0.25, 0.3) is 5.56 Å². The molecule has 144 valence electrons. The zero-order valence-corrected chi connectivity index (χ0v) is 16.2. The molecule has 0 saturated carbocycles. The third-order valence-corrected chi connectivity index (χ3v) is 6.12. The van der Waals surface area contributed by atoms with Crippen molar-refractivity contribution in [3.05, 3.63) is 37.5 Å². The van der Waals surface area contributed by atoms with Gasteiger partial charge in [-0.1, -0.05) is 0 Å². The van der Waals surface area contributed by atoms with Crippen LogP contribution >= 0.6 is 27.3 Å². The minimum Gasteiger partial charge on any atom is -0.394 e. The molecule has 0 bridgehead atoms. The number of thiophene rings is 1. The van der Waals surface area contributed by atoms with E-state index in [1.165, 1.54) is 26.8 Å². The van der Waals surface area contributed by atoms with Crippen LogP contribution < -0.4 is 11.3 Å². The van der Waals surface area contributed by atoms with E-state index in [9.17, 15) is 20.1 Å². The van der Waals surface area contributed by atoms with Gasteiger partial charge in [-0.2, -0.15) is 4.98 Å². The number of fused-ring (bicyclic) bond motifs is 1. The molecule has 1 fully saturated rings. The highest BCUT2D eigenvalue weighted by Gasteiger charge is 2.44. The zero-order valence-electron chi connectivity index (χ0n) is 13.8. The minimum absolute atomic E-state index is 0.00878. The molecule has 3 aromatic heterocycles. The Labute approximate surface area is 164 Å². The van der Waals surface area contributed by atoms with Gasteiger partial charge >= 0.3 is 0 Å². The lowest BCUT2D eigenvalue weighted by Gasteiger charge is -2.17. The average Bonchev–Trinajstić information content (AvgIpc) is 3.31. The Morgan fingerprint density at radius 2 is 2.15 bits per heavy atom. The van der Waals surface area contributed by atoms with Gasteiger partial charge in [0, 0.05) is 14.7 Å². The number of nitrogens with zero attached hydrogens (tertiary/aromatic N) is 4. The van der Waals surface area contributed by atoms with Crippen LogP contribution in [-0.4, -0.2) is 59.3 Å². The number of aliphatic hydroxyl groups is 3. The van der Waals surface area contributed by atoms with Gasteiger partial charge < -0.3 is 25.8 Å². The molecule has 5 N–H and O–H groups in total. The van der Waals surface area contributed by atoms with Crippen molar-refractivity contribution < 1.29 is 20.1 Å². The summed E-state index contributed by atoms with van der Waals surface area (Å²) >= 11 is 4.85. The zero-order chi connectivity index (χ0) is 19.3. The smallest absolute Gasteiger partial charge is 0.283 e. The maximum atomic E-state index is 12.8. The first-order valence-electron chi connectivity index (χ1n) is 7.99. The lowest BCUT2D eigenvalue weighted by atomic mass is 10.1. The quantitative estimate of drug-likeness (QED) is 0.415. The summed E-state index contributed by atoms with van der Waals surface area (Å²) in [5.74, 6) is -0.00878. The maximum absolute atomic E-state index is 12.8. The van der Waals surface area contributed by atoms with Crippen molar-refractivity contribution in [3.8, 4) is 0 Å². The molecule has 0 spiro atoms. The molecule has 3 aromatic rings. The number of anilines is 1. The molecule has 0 aromatic carbocycles. The van der Waals surface area contributed by atoms with Crippen LogP contribution in [0.3, 0.4) is 0 Å². The summed E-state index contributed by atoms with van der Waals surface area (Å²) in [6.07, 6.45) is -3.28. The Morgan fingerprint density at radius 1 is 1.37 bits per heavy atom. The fraction of sp³-hybridized carbons (Fsp3) is 0.400. The van der Waals surface area contributed by atoms with Crippen LogP contribution in [0.1, 0.15) is 11.1 Å². The Bertz CT molecular complexity index is 1050. The minimum atomic E-state index is -1.31. The van der Waals surface area contributed by atoms with Crippen molar-refractivity contribution in [2.24, 2.45) is 0 Å². The molecule has 0 amide bonds. The number of imidazole rings is 1. The third kappa shape index (κ3) is 3.07. The van der Waals surface area contributed by atoms with Crippen molar-refractivity contribution in [1.29, 1.82) is 0 Å². The number of nitrogen functional groups attached to an aromatic ring is 1. The first-order chi connectivity index (χ1) is 12.9. The molecule has 4 rings (SSSR count). The average molecular weight is 458 g/mol. The van der Waals surface area contributed by atoms with Crippen molar-refractivity contribution >= 4 is 44.4 Å². The maximum Gasteiger partial charge on any atom is 0.283 e. The predicted octanol–water partition coefficient (Wildman–Crippen LogP) is -0.341. The fourth-order valence-corrected chi connectivity index (χ4v) is 4.50. The summed E-state index contributed by atoms with van der Waals surface area (Å²) < 4.78 is 9.04. The van der Waals surface area contributed by atoms with Gasteiger partial charge in [0.15, 0.2) is 17.4 Å². The summed E-state index contributed by atoms with van der Waals surface area (Å²) in [6.45, 7) is -0.204. The molecular weight excluding hydrogens is 442 g/mol.